The second-order valence-corrected chi connectivity index (χ2v) is 14.7. The van der Waals surface area contributed by atoms with Gasteiger partial charge >= 0.3 is 0 Å². The molecule has 0 unspecified atom stereocenters. The summed E-state index contributed by atoms with van der Waals surface area (Å²) in [4.78, 5) is 32.0. The van der Waals surface area contributed by atoms with Crippen molar-refractivity contribution in [3.8, 4) is 0 Å². The molecule has 0 atom stereocenters. The Kier molecular flexibility index (Phi) is 8.17. The van der Waals surface area contributed by atoms with Crippen molar-refractivity contribution in [2.45, 2.75) is 33.7 Å². The van der Waals surface area contributed by atoms with Crippen LogP contribution in [0.2, 0.25) is 0 Å². The van der Waals surface area contributed by atoms with Crippen LogP contribution in [-0.4, -0.2) is 18.4 Å². The summed E-state index contributed by atoms with van der Waals surface area (Å²) >= 11 is 0. The van der Waals surface area contributed by atoms with Gasteiger partial charge in [0.1, 0.15) is 0 Å². The van der Waals surface area contributed by atoms with Crippen molar-refractivity contribution >= 4 is 108 Å². The summed E-state index contributed by atoms with van der Waals surface area (Å²) < 4.78 is 0. The van der Waals surface area contributed by atoms with Gasteiger partial charge in [-0.2, -0.15) is 0 Å². The number of carbonyl (C=O) groups excluding carboxylic acids is 2. The number of aryl methyl sites for hydroxylation is 1. The lowest BCUT2D eigenvalue weighted by molar-refractivity contribution is -0.113. The van der Waals surface area contributed by atoms with Gasteiger partial charge in [0, 0.05) is 23.2 Å². The van der Waals surface area contributed by atoms with Crippen molar-refractivity contribution in [2.75, 3.05) is 27.8 Å². The van der Waals surface area contributed by atoms with E-state index in [1.165, 1.54) is 0 Å². The highest BCUT2D eigenvalue weighted by Crippen LogP contribution is 2.39. The van der Waals surface area contributed by atoms with Gasteiger partial charge in [-0.1, -0.05) is 105 Å². The second-order valence-electron chi connectivity index (χ2n) is 14.7. The van der Waals surface area contributed by atoms with Crippen molar-refractivity contribution in [3.63, 3.8) is 0 Å². The Hall–Kier alpha value is -6.92. The van der Waals surface area contributed by atoms with E-state index in [1.54, 1.807) is 9.80 Å². The standard InChI is InChI=1S/C50H42N4O2/c1-6-14-33-28(3)46-37(38-21-20-31-27-54(43-19-11-9-17-41(43)52)49(55)30(5)44(31)48(33)38)24-25-39-36-23-22-34-29(4)45(36)35(32(7-2)47(39)46)15-12-13-26-53(50(34)56)42-18-10-8-16-40(42)51/h7-25H,3,5-6,26-27,51-52H2,1-2,4H3/b13-12+,32-7-,33-14-,35-15-. The first kappa shape index (κ1) is 34.8. The maximum absolute atomic E-state index is 14.4. The van der Waals surface area contributed by atoms with E-state index in [0.717, 1.165) is 87.1 Å². The van der Waals surface area contributed by atoms with E-state index in [0.29, 0.717) is 47.0 Å². The summed E-state index contributed by atoms with van der Waals surface area (Å²) in [7, 11) is 0. The van der Waals surface area contributed by atoms with E-state index in [1.807, 2.05) is 66.7 Å². The minimum absolute atomic E-state index is 0.0922. The van der Waals surface area contributed by atoms with E-state index in [2.05, 4.69) is 75.9 Å². The Morgan fingerprint density at radius 1 is 0.714 bits per heavy atom. The van der Waals surface area contributed by atoms with E-state index >= 15 is 0 Å². The Bertz CT molecular complexity index is 3210. The van der Waals surface area contributed by atoms with E-state index in [4.69, 9.17) is 18.0 Å². The number of allylic oxidation sites excluding steroid dienone is 1. The van der Waals surface area contributed by atoms with Crippen molar-refractivity contribution in [2.24, 2.45) is 0 Å². The number of fused-ring (bicyclic) bond motifs is 9. The minimum atomic E-state index is -0.158. The van der Waals surface area contributed by atoms with Gasteiger partial charge in [-0.25, -0.2) is 0 Å². The average molecular weight is 731 g/mol. The zero-order valence-corrected chi connectivity index (χ0v) is 31.9. The number of para-hydroxylation sites is 4. The van der Waals surface area contributed by atoms with Crippen LogP contribution in [-0.2, 0) is 11.3 Å². The molecule has 4 N–H and O–H groups in total. The molecule has 0 saturated carbocycles. The van der Waals surface area contributed by atoms with Crippen LogP contribution in [0.25, 0.3) is 73.5 Å². The summed E-state index contributed by atoms with van der Waals surface area (Å²) in [5.74, 6) is -0.251. The second kappa shape index (κ2) is 13.1. The summed E-state index contributed by atoms with van der Waals surface area (Å²) in [5, 5.41) is 12.6. The molecule has 0 fully saturated rings. The molecule has 0 aliphatic carbocycles. The lowest BCUT2D eigenvalue weighted by Gasteiger charge is -2.32. The van der Waals surface area contributed by atoms with Crippen LogP contribution in [0.5, 0.6) is 0 Å². The van der Waals surface area contributed by atoms with Gasteiger partial charge in [0.05, 0.1) is 29.3 Å². The summed E-state index contributed by atoms with van der Waals surface area (Å²) in [6, 6.07) is 27.7. The number of hydrogen-bond acceptors (Lipinski definition) is 4. The molecule has 0 spiro atoms. The fourth-order valence-electron chi connectivity index (χ4n) is 9.18. The monoisotopic (exact) mass is 730 g/mol. The number of nitrogens with two attached hydrogens (primary N) is 2. The molecule has 2 amide bonds. The summed E-state index contributed by atoms with van der Waals surface area (Å²) in [6.45, 7) is 16.2. The summed E-state index contributed by atoms with van der Waals surface area (Å²) in [5.41, 5.74) is 19.1. The Balaban J connectivity index is 1.36. The number of nitrogen functional groups attached to an aromatic ring is 2. The third-order valence-electron chi connectivity index (χ3n) is 11.7. The molecule has 2 heterocycles. The van der Waals surface area contributed by atoms with Crippen LogP contribution in [0, 0.1) is 6.92 Å². The maximum atomic E-state index is 14.4. The molecule has 274 valence electrons. The number of hydrogen-bond donors (Lipinski definition) is 2. The normalized spacial score (nSPS) is 16.3. The maximum Gasteiger partial charge on any atom is 0.258 e. The zero-order valence-electron chi connectivity index (χ0n) is 31.9. The summed E-state index contributed by atoms with van der Waals surface area (Å²) in [6.07, 6.45) is 11.4. The van der Waals surface area contributed by atoms with Gasteiger partial charge in [0.2, 0.25) is 0 Å². The van der Waals surface area contributed by atoms with Crippen molar-refractivity contribution in [1.82, 2.24) is 0 Å². The van der Waals surface area contributed by atoms with Gasteiger partial charge in [-0.05, 0) is 126 Å². The van der Waals surface area contributed by atoms with Gasteiger partial charge in [0.15, 0.2) is 0 Å². The first-order valence-electron chi connectivity index (χ1n) is 19.1. The molecule has 2 aliphatic heterocycles. The molecule has 2 aliphatic rings. The van der Waals surface area contributed by atoms with E-state index in [-0.39, 0.29) is 11.8 Å². The Morgan fingerprint density at radius 2 is 1.32 bits per heavy atom. The minimum Gasteiger partial charge on any atom is -0.397 e. The lowest BCUT2D eigenvalue weighted by atomic mass is 9.84. The highest BCUT2D eigenvalue weighted by molar-refractivity contribution is 6.32. The van der Waals surface area contributed by atoms with E-state index in [9.17, 15) is 9.59 Å². The first-order valence-corrected chi connectivity index (χ1v) is 19.1. The third-order valence-corrected chi connectivity index (χ3v) is 11.7. The van der Waals surface area contributed by atoms with Gasteiger partial charge in [-0.15, -0.1) is 0 Å². The molecule has 0 radical (unpaired) electrons. The quantitative estimate of drug-likeness (QED) is 0.111. The molecular weight excluding hydrogens is 689 g/mol. The highest BCUT2D eigenvalue weighted by atomic mass is 16.2. The topological polar surface area (TPSA) is 92.7 Å². The van der Waals surface area contributed by atoms with Crippen LogP contribution in [0.3, 0.4) is 0 Å². The molecule has 7 aromatic carbocycles. The van der Waals surface area contributed by atoms with Crippen LogP contribution in [0.4, 0.5) is 22.7 Å². The molecule has 9 rings (SSSR count). The van der Waals surface area contributed by atoms with Crippen molar-refractivity contribution < 1.29 is 9.59 Å². The molecule has 2 bridgehead atoms. The number of amides is 2. The molecule has 6 nitrogen and oxygen atoms in total. The third kappa shape index (κ3) is 4.95. The van der Waals surface area contributed by atoms with Crippen molar-refractivity contribution in [1.29, 1.82) is 0 Å². The first-order chi connectivity index (χ1) is 27.2. The predicted molar refractivity (Wildman–Crippen MR) is 237 cm³/mol. The smallest absolute Gasteiger partial charge is 0.258 e. The van der Waals surface area contributed by atoms with Gasteiger partial charge in [-0.3, -0.25) is 9.59 Å². The SMILES string of the molecule is C=C1C(=O)N(c2ccccc2N)Cc2ccc3c(c21)/c(=C\CC)c(=C)c1c3ccc2c3ccc4c(C)c3c(/c(=C/C)c21)=C\C=C\CN(c1ccccc1N)C4=O. The predicted octanol–water partition coefficient (Wildman–Crippen LogP) is 7.73. The Morgan fingerprint density at radius 3 is 2.00 bits per heavy atom. The number of anilines is 4. The largest absolute Gasteiger partial charge is 0.397 e. The van der Waals surface area contributed by atoms with Gasteiger partial charge in [0.25, 0.3) is 11.8 Å². The fourth-order valence-corrected chi connectivity index (χ4v) is 9.18. The van der Waals surface area contributed by atoms with E-state index < -0.39 is 0 Å². The molecule has 56 heavy (non-hydrogen) atoms. The number of carbonyl (C=O) groups is 2. The Labute approximate surface area is 324 Å². The number of nitrogens with zero attached hydrogens (tertiary/aromatic N) is 2. The molecule has 0 aromatic heterocycles. The zero-order chi connectivity index (χ0) is 39.0. The molecule has 7 aromatic rings. The van der Waals surface area contributed by atoms with Crippen molar-refractivity contribution in [3.05, 3.63) is 147 Å². The molecular formula is C50H42N4O2. The fraction of sp³-hybridized carbons (Fsp3) is 0.120. The molecule has 0 saturated heterocycles. The van der Waals surface area contributed by atoms with Gasteiger partial charge < -0.3 is 21.3 Å². The highest BCUT2D eigenvalue weighted by Gasteiger charge is 2.31. The van der Waals surface area contributed by atoms with Crippen LogP contribution < -0.4 is 42.1 Å². The molecule has 6 heteroatoms. The van der Waals surface area contributed by atoms with Crippen LogP contribution in [0.1, 0.15) is 47.3 Å². The van der Waals surface area contributed by atoms with Crippen LogP contribution >= 0.6 is 0 Å². The number of benzene rings is 7. The lowest BCUT2D eigenvalue weighted by Crippen LogP contribution is -2.37. The van der Waals surface area contributed by atoms with Crippen LogP contribution in [0.15, 0.2) is 104 Å². The number of rotatable bonds is 3. The average Bonchev–Trinajstić information content (AvgIpc) is 3.20.